The quantitative estimate of drug-likeness (QED) is 0.165. The lowest BCUT2D eigenvalue weighted by Crippen LogP contribution is -2.27. The summed E-state index contributed by atoms with van der Waals surface area (Å²) in [6, 6.07) is 57.0. The first kappa shape index (κ1) is 32.1. The molecule has 0 fully saturated rings. The number of aromatic nitrogens is 1. The van der Waals surface area contributed by atoms with Gasteiger partial charge in [-0.25, -0.2) is 0 Å². The topological polar surface area (TPSA) is 8.17 Å². The van der Waals surface area contributed by atoms with Gasteiger partial charge in [-0.15, -0.1) is 0 Å². The first-order chi connectivity index (χ1) is 25.1. The molecule has 0 N–H and O–H groups in total. The zero-order chi connectivity index (χ0) is 34.7. The highest BCUT2D eigenvalue weighted by atomic mass is 15.1. The summed E-state index contributed by atoms with van der Waals surface area (Å²) in [5.41, 5.74) is 12.0. The van der Waals surface area contributed by atoms with E-state index < -0.39 is 0 Å². The third-order valence-corrected chi connectivity index (χ3v) is 10.2. The fourth-order valence-corrected chi connectivity index (χ4v) is 7.69. The van der Waals surface area contributed by atoms with Crippen molar-refractivity contribution < 1.29 is 0 Å². The minimum atomic E-state index is 0.331. The molecule has 0 radical (unpaired) electrons. The van der Waals surface area contributed by atoms with Gasteiger partial charge in [-0.3, -0.25) is 0 Å². The van der Waals surface area contributed by atoms with E-state index in [1.165, 1.54) is 49.3 Å². The van der Waals surface area contributed by atoms with E-state index in [4.69, 9.17) is 0 Å². The normalized spacial score (nSPS) is 16.4. The van der Waals surface area contributed by atoms with Crippen molar-refractivity contribution in [2.45, 2.75) is 26.7 Å². The van der Waals surface area contributed by atoms with Crippen LogP contribution in [0.1, 0.15) is 37.8 Å². The fraction of sp³-hybridized carbons (Fsp3) is 0.102. The third kappa shape index (κ3) is 6.15. The van der Waals surface area contributed by atoms with E-state index >= 15 is 0 Å². The molecule has 2 heteroatoms. The highest BCUT2D eigenvalue weighted by molar-refractivity contribution is 5.90. The van der Waals surface area contributed by atoms with Crippen molar-refractivity contribution in [2.75, 3.05) is 4.90 Å². The van der Waals surface area contributed by atoms with Crippen molar-refractivity contribution >= 4 is 45.7 Å². The molecule has 1 aromatic heterocycles. The number of anilines is 3. The molecule has 248 valence electrons. The molecule has 51 heavy (non-hydrogen) atoms. The van der Waals surface area contributed by atoms with Crippen LogP contribution in [0.5, 0.6) is 0 Å². The molecule has 7 aromatic rings. The van der Waals surface area contributed by atoms with Gasteiger partial charge in [-0.1, -0.05) is 146 Å². The van der Waals surface area contributed by atoms with Gasteiger partial charge in [0, 0.05) is 44.6 Å². The Kier molecular flexibility index (Phi) is 8.82. The van der Waals surface area contributed by atoms with E-state index in [0.717, 1.165) is 22.7 Å². The number of hydrogen-bond acceptors (Lipinski definition) is 1. The van der Waals surface area contributed by atoms with Crippen molar-refractivity contribution in [2.24, 2.45) is 5.92 Å². The summed E-state index contributed by atoms with van der Waals surface area (Å²) in [7, 11) is 0. The Morgan fingerprint density at radius 1 is 0.569 bits per heavy atom. The molecule has 1 aliphatic rings. The number of rotatable bonds is 7. The predicted molar refractivity (Wildman–Crippen MR) is 218 cm³/mol. The van der Waals surface area contributed by atoms with Gasteiger partial charge in [-0.2, -0.15) is 0 Å². The van der Waals surface area contributed by atoms with Gasteiger partial charge in [0.1, 0.15) is 0 Å². The summed E-state index contributed by atoms with van der Waals surface area (Å²) < 4.78 is 2.41. The summed E-state index contributed by atoms with van der Waals surface area (Å²) in [5, 5.41) is 3.69. The van der Waals surface area contributed by atoms with Crippen LogP contribution in [0.3, 0.4) is 0 Å². The van der Waals surface area contributed by atoms with Crippen LogP contribution in [-0.2, 0) is 0 Å². The molecule has 1 aliphatic carbocycles. The molecule has 0 bridgehead atoms. The molecule has 0 aliphatic heterocycles. The highest BCUT2D eigenvalue weighted by Gasteiger charge is 2.21. The van der Waals surface area contributed by atoms with Gasteiger partial charge >= 0.3 is 0 Å². The van der Waals surface area contributed by atoms with Gasteiger partial charge in [0.25, 0.3) is 0 Å². The Hall–Kier alpha value is -6.12. The lowest BCUT2D eigenvalue weighted by molar-refractivity contribution is 0.638. The number of nitrogens with zero attached hydrogens (tertiary/aromatic N) is 2. The van der Waals surface area contributed by atoms with Crippen LogP contribution in [0.4, 0.5) is 17.1 Å². The van der Waals surface area contributed by atoms with Crippen LogP contribution in [0.25, 0.3) is 45.4 Å². The number of hydrogen-bond donors (Lipinski definition) is 0. The summed E-state index contributed by atoms with van der Waals surface area (Å²) in [6.07, 6.45) is 11.5. The van der Waals surface area contributed by atoms with Gasteiger partial charge in [0.05, 0.1) is 5.52 Å². The van der Waals surface area contributed by atoms with Gasteiger partial charge < -0.3 is 9.47 Å². The van der Waals surface area contributed by atoms with E-state index in [9.17, 15) is 0 Å². The van der Waals surface area contributed by atoms with Crippen LogP contribution < -0.4 is 15.5 Å². The third-order valence-electron chi connectivity index (χ3n) is 10.2. The van der Waals surface area contributed by atoms with Gasteiger partial charge in [-0.05, 0) is 96.1 Å². The SMILES string of the molecule is C/C=c1\c(=C/C)n(-c2ccc(-c3ccccc3)cc2)c2cc(N(c3ccccc3)c3ccc(C4C=CC(c5ccccc5)=CC4C)cc3)ccc12. The Morgan fingerprint density at radius 3 is 1.78 bits per heavy atom. The molecule has 0 saturated carbocycles. The fourth-order valence-electron chi connectivity index (χ4n) is 7.69. The highest BCUT2D eigenvalue weighted by Crippen LogP contribution is 2.39. The van der Waals surface area contributed by atoms with E-state index in [-0.39, 0.29) is 0 Å². The second-order valence-corrected chi connectivity index (χ2v) is 13.3. The van der Waals surface area contributed by atoms with Crippen LogP contribution in [0.2, 0.25) is 0 Å². The minimum absolute atomic E-state index is 0.331. The van der Waals surface area contributed by atoms with Crippen LogP contribution >= 0.6 is 0 Å². The lowest BCUT2D eigenvalue weighted by atomic mass is 9.81. The van der Waals surface area contributed by atoms with E-state index in [2.05, 4.69) is 218 Å². The first-order valence-corrected chi connectivity index (χ1v) is 18.0. The maximum Gasteiger partial charge on any atom is 0.0561 e. The van der Waals surface area contributed by atoms with Crippen molar-refractivity contribution in [3.8, 4) is 16.8 Å². The van der Waals surface area contributed by atoms with Crippen molar-refractivity contribution in [1.82, 2.24) is 4.57 Å². The molecule has 2 nitrogen and oxygen atoms in total. The maximum absolute atomic E-state index is 2.41. The molecule has 0 amide bonds. The number of benzene rings is 6. The van der Waals surface area contributed by atoms with E-state index in [1.54, 1.807) is 0 Å². The molecule has 8 rings (SSSR count). The average Bonchev–Trinajstić information content (AvgIpc) is 3.52. The smallest absolute Gasteiger partial charge is 0.0561 e. The zero-order valence-corrected chi connectivity index (χ0v) is 29.4. The largest absolute Gasteiger partial charge is 0.310 e. The van der Waals surface area contributed by atoms with Gasteiger partial charge in [0.2, 0.25) is 0 Å². The summed E-state index contributed by atoms with van der Waals surface area (Å²) in [4.78, 5) is 2.37. The van der Waals surface area contributed by atoms with Crippen molar-refractivity contribution in [1.29, 1.82) is 0 Å². The Balaban J connectivity index is 1.19. The monoisotopic (exact) mass is 658 g/mol. The molecular formula is C49H42N2. The molecular weight excluding hydrogens is 617 g/mol. The Morgan fingerprint density at radius 2 is 1.16 bits per heavy atom. The molecule has 6 aromatic carbocycles. The van der Waals surface area contributed by atoms with Crippen molar-refractivity contribution in [3.05, 3.63) is 198 Å². The Labute approximate surface area is 301 Å². The molecule has 0 spiro atoms. The summed E-state index contributed by atoms with van der Waals surface area (Å²) in [5.74, 6) is 0.726. The predicted octanol–water partition coefficient (Wildman–Crippen LogP) is 11.7. The average molecular weight is 659 g/mol. The Bertz CT molecular complexity index is 2470. The van der Waals surface area contributed by atoms with E-state index in [1.807, 2.05) is 0 Å². The minimum Gasteiger partial charge on any atom is -0.310 e. The molecule has 2 atom stereocenters. The molecule has 0 saturated heterocycles. The standard InChI is InChI=1S/C49H42N2/c1-4-45-47-32-30-44(34-49(47)51(48(45)5-2)43-26-21-38(22-27-43)36-15-9-6-10-16-36)50(41-19-13-8-14-20-41)42-28-23-39(24-29-42)46-31-25-40(33-35(46)3)37-17-11-7-12-18-37/h4-35,46H,1-3H3/b45-4-,48-5+. The van der Waals surface area contributed by atoms with Crippen molar-refractivity contribution in [3.63, 3.8) is 0 Å². The zero-order valence-electron chi connectivity index (χ0n) is 29.4. The second kappa shape index (κ2) is 14.0. The number of allylic oxidation sites excluding steroid dienone is 4. The summed E-state index contributed by atoms with van der Waals surface area (Å²) >= 11 is 0. The maximum atomic E-state index is 2.41. The molecule has 1 heterocycles. The summed E-state index contributed by atoms with van der Waals surface area (Å²) in [6.45, 7) is 6.59. The number of fused-ring (bicyclic) bond motifs is 1. The van der Waals surface area contributed by atoms with Crippen LogP contribution in [0, 0.1) is 5.92 Å². The van der Waals surface area contributed by atoms with Crippen LogP contribution in [0.15, 0.2) is 176 Å². The van der Waals surface area contributed by atoms with Crippen LogP contribution in [-0.4, -0.2) is 4.57 Å². The second-order valence-electron chi connectivity index (χ2n) is 13.3. The first-order valence-electron chi connectivity index (χ1n) is 18.0. The number of para-hydroxylation sites is 1. The van der Waals surface area contributed by atoms with E-state index in [0.29, 0.717) is 11.8 Å². The lowest BCUT2D eigenvalue weighted by Gasteiger charge is -2.27. The van der Waals surface area contributed by atoms with Gasteiger partial charge in [0.15, 0.2) is 0 Å². The molecule has 2 unspecified atom stereocenters.